The number of fused-ring (bicyclic) bond motifs is 1. The summed E-state index contributed by atoms with van der Waals surface area (Å²) in [5, 5.41) is 12.5. The predicted octanol–water partition coefficient (Wildman–Crippen LogP) is 3.31. The molecular weight excluding hydrogens is 267 g/mol. The van der Waals surface area contributed by atoms with Crippen LogP contribution in [0.4, 0.5) is 0 Å². The van der Waals surface area contributed by atoms with Crippen LogP contribution in [0.3, 0.4) is 0 Å². The van der Waals surface area contributed by atoms with Gasteiger partial charge < -0.3 is 10.2 Å². The van der Waals surface area contributed by atoms with E-state index < -0.39 is 0 Å². The lowest BCUT2D eigenvalue weighted by Crippen LogP contribution is -1.87. The molecule has 0 fully saturated rings. The molecule has 0 saturated heterocycles. The molecule has 0 amide bonds. The average Bonchev–Trinajstić information content (AvgIpc) is 2.62. The second-order valence-corrected chi connectivity index (χ2v) is 3.97. The largest absolute Gasteiger partial charge is 0.410 e. The summed E-state index contributed by atoms with van der Waals surface area (Å²) in [6, 6.07) is 5.72. The summed E-state index contributed by atoms with van der Waals surface area (Å²) in [6.07, 6.45) is 1.71. The van der Waals surface area contributed by atoms with Crippen LogP contribution in [0.1, 0.15) is 5.56 Å². The van der Waals surface area contributed by atoms with Gasteiger partial charge in [-0.3, -0.25) is 0 Å². The van der Waals surface area contributed by atoms with Gasteiger partial charge in [0.2, 0.25) is 0 Å². The summed E-state index contributed by atoms with van der Waals surface area (Å²) in [5.41, 5.74) is 1.62. The summed E-state index contributed by atoms with van der Waals surface area (Å²) in [5.74, 6) is 0. The molecule has 0 aliphatic carbocycles. The fourth-order valence-electron chi connectivity index (χ4n) is 1.34. The summed E-state index contributed by atoms with van der Waals surface area (Å²) in [7, 11) is 0. The Kier molecular flexibility index (Phi) is 2.48. The van der Waals surface area contributed by atoms with Gasteiger partial charge in [0.25, 0.3) is 0 Å². The highest BCUT2D eigenvalue weighted by Gasteiger charge is 2.09. The monoisotopic (exact) mass is 272 g/mol. The van der Waals surface area contributed by atoms with Crippen molar-refractivity contribution in [3.05, 3.63) is 34.4 Å². The van der Waals surface area contributed by atoms with Gasteiger partial charge in [-0.25, -0.2) is 0 Å². The number of benzene rings is 1. The van der Waals surface area contributed by atoms with E-state index in [9.17, 15) is 0 Å². The highest BCUT2D eigenvalue weighted by molar-refractivity contribution is 9.10. The Labute approximate surface area is 93.5 Å². The molecule has 0 radical (unpaired) electrons. The maximum atomic E-state index is 8.57. The molecule has 0 aliphatic rings. The van der Waals surface area contributed by atoms with Gasteiger partial charge in [0.1, 0.15) is 0 Å². The molecule has 72 valence electrons. The number of hydrogen-bond donors (Lipinski definition) is 2. The molecule has 0 spiro atoms. The van der Waals surface area contributed by atoms with E-state index in [0.717, 1.165) is 15.4 Å². The van der Waals surface area contributed by atoms with Gasteiger partial charge in [-0.1, -0.05) is 28.9 Å². The number of nitrogens with zero attached hydrogens (tertiary/aromatic N) is 1. The molecule has 0 bridgehead atoms. The number of halogens is 2. The maximum Gasteiger partial charge on any atom is 0.177 e. The molecule has 1 heterocycles. The molecule has 5 heteroatoms. The number of aromatic amines is 1. The molecule has 2 aromatic rings. The molecule has 1 aromatic carbocycles. The molecule has 0 atom stereocenters. The second-order valence-electron chi connectivity index (χ2n) is 2.76. The first kappa shape index (κ1) is 9.55. The van der Waals surface area contributed by atoms with Crippen LogP contribution in [0.25, 0.3) is 10.9 Å². The first-order chi connectivity index (χ1) is 6.74. The molecule has 2 rings (SSSR count). The Morgan fingerprint density at radius 3 is 3.00 bits per heavy atom. The van der Waals surface area contributed by atoms with Crippen LogP contribution in [0.5, 0.6) is 0 Å². The zero-order valence-corrected chi connectivity index (χ0v) is 9.30. The lowest BCUT2D eigenvalue weighted by Gasteiger charge is -1.95. The Balaban J connectivity index is 2.76. The molecule has 0 saturated carbocycles. The van der Waals surface area contributed by atoms with E-state index in [1.807, 2.05) is 18.2 Å². The molecular formula is C9H6BrClN2O. The Bertz CT molecular complexity index is 506. The first-order valence-electron chi connectivity index (χ1n) is 3.87. The van der Waals surface area contributed by atoms with Crippen molar-refractivity contribution in [2.24, 2.45) is 5.16 Å². The quantitative estimate of drug-likeness (QED) is 0.467. The van der Waals surface area contributed by atoms with Crippen LogP contribution in [0, 0.1) is 0 Å². The smallest absolute Gasteiger partial charge is 0.177 e. The topological polar surface area (TPSA) is 48.4 Å². The van der Waals surface area contributed by atoms with Crippen LogP contribution < -0.4 is 0 Å². The SMILES string of the molecule is ON=C(Cl)c1c[nH]c2c(Br)cccc12. The molecule has 1 aromatic heterocycles. The highest BCUT2D eigenvalue weighted by Crippen LogP contribution is 2.26. The number of rotatable bonds is 1. The van der Waals surface area contributed by atoms with E-state index in [1.165, 1.54) is 0 Å². The number of H-pyrrole nitrogens is 1. The third-order valence-electron chi connectivity index (χ3n) is 1.97. The van der Waals surface area contributed by atoms with Crippen molar-refractivity contribution >= 4 is 43.6 Å². The van der Waals surface area contributed by atoms with E-state index in [-0.39, 0.29) is 5.17 Å². The molecule has 0 unspecified atom stereocenters. The fraction of sp³-hybridized carbons (Fsp3) is 0. The van der Waals surface area contributed by atoms with Gasteiger partial charge >= 0.3 is 0 Å². The lowest BCUT2D eigenvalue weighted by atomic mass is 10.2. The zero-order chi connectivity index (χ0) is 10.1. The van der Waals surface area contributed by atoms with Gasteiger partial charge in [0.05, 0.1) is 5.52 Å². The van der Waals surface area contributed by atoms with Crippen LogP contribution in [0.15, 0.2) is 34.0 Å². The van der Waals surface area contributed by atoms with E-state index in [1.54, 1.807) is 6.20 Å². The van der Waals surface area contributed by atoms with Crippen molar-refractivity contribution in [1.29, 1.82) is 0 Å². The molecule has 2 N–H and O–H groups in total. The zero-order valence-electron chi connectivity index (χ0n) is 6.96. The highest BCUT2D eigenvalue weighted by atomic mass is 79.9. The van der Waals surface area contributed by atoms with Gasteiger partial charge in [-0.2, -0.15) is 0 Å². The molecule has 14 heavy (non-hydrogen) atoms. The predicted molar refractivity (Wildman–Crippen MR) is 60.2 cm³/mol. The van der Waals surface area contributed by atoms with E-state index in [4.69, 9.17) is 16.8 Å². The van der Waals surface area contributed by atoms with Crippen LogP contribution >= 0.6 is 27.5 Å². The van der Waals surface area contributed by atoms with Gasteiger partial charge in [0, 0.05) is 21.6 Å². The number of oxime groups is 1. The van der Waals surface area contributed by atoms with Crippen molar-refractivity contribution in [2.75, 3.05) is 0 Å². The number of nitrogens with one attached hydrogen (secondary N) is 1. The number of hydrogen-bond acceptors (Lipinski definition) is 2. The number of para-hydroxylation sites is 1. The van der Waals surface area contributed by atoms with Crippen molar-refractivity contribution in [1.82, 2.24) is 4.98 Å². The number of aromatic nitrogens is 1. The maximum absolute atomic E-state index is 8.57. The van der Waals surface area contributed by atoms with Gasteiger partial charge in [-0.05, 0) is 22.0 Å². The van der Waals surface area contributed by atoms with Gasteiger partial charge in [-0.15, -0.1) is 0 Å². The van der Waals surface area contributed by atoms with Crippen molar-refractivity contribution in [3.63, 3.8) is 0 Å². The van der Waals surface area contributed by atoms with E-state index in [2.05, 4.69) is 26.1 Å². The minimum atomic E-state index is 0.0781. The van der Waals surface area contributed by atoms with Crippen LogP contribution in [-0.2, 0) is 0 Å². The fourth-order valence-corrected chi connectivity index (χ4v) is 1.98. The van der Waals surface area contributed by atoms with Crippen molar-refractivity contribution < 1.29 is 5.21 Å². The third kappa shape index (κ3) is 1.40. The minimum absolute atomic E-state index is 0.0781. The summed E-state index contributed by atoms with van der Waals surface area (Å²) < 4.78 is 0.948. The van der Waals surface area contributed by atoms with E-state index in [0.29, 0.717) is 5.56 Å². The van der Waals surface area contributed by atoms with E-state index >= 15 is 0 Å². The third-order valence-corrected chi connectivity index (χ3v) is 2.91. The van der Waals surface area contributed by atoms with Gasteiger partial charge in [0.15, 0.2) is 5.17 Å². The van der Waals surface area contributed by atoms with Crippen LogP contribution in [-0.4, -0.2) is 15.4 Å². The lowest BCUT2D eigenvalue weighted by molar-refractivity contribution is 0.321. The Morgan fingerprint density at radius 2 is 2.29 bits per heavy atom. The first-order valence-corrected chi connectivity index (χ1v) is 5.04. The summed E-state index contributed by atoms with van der Waals surface area (Å²) >= 11 is 9.13. The summed E-state index contributed by atoms with van der Waals surface area (Å²) in [4.78, 5) is 3.05. The molecule has 0 aliphatic heterocycles. The van der Waals surface area contributed by atoms with Crippen LogP contribution in [0.2, 0.25) is 0 Å². The van der Waals surface area contributed by atoms with Crippen molar-refractivity contribution in [3.8, 4) is 0 Å². The second kappa shape index (κ2) is 3.63. The minimum Gasteiger partial charge on any atom is -0.410 e. The summed E-state index contributed by atoms with van der Waals surface area (Å²) in [6.45, 7) is 0. The van der Waals surface area contributed by atoms with Crippen molar-refractivity contribution in [2.45, 2.75) is 0 Å². The normalized spacial score (nSPS) is 12.3. The Hall–Kier alpha value is -1.00. The average molecular weight is 274 g/mol. The molecule has 3 nitrogen and oxygen atoms in total. The Morgan fingerprint density at radius 1 is 1.50 bits per heavy atom. The standard InChI is InChI=1S/C9H6BrClN2O/c10-7-3-1-2-5-6(9(11)13-14)4-12-8(5)7/h1-4,12,14H.